The summed E-state index contributed by atoms with van der Waals surface area (Å²) in [6, 6.07) is 0. The van der Waals surface area contributed by atoms with E-state index >= 15 is 0 Å². The molecule has 0 aliphatic carbocycles. The zero-order chi connectivity index (χ0) is 12.6. The number of carbonyl (C=O) groups is 2. The molecule has 0 bridgehead atoms. The molecule has 4 nitrogen and oxygen atoms in total. The summed E-state index contributed by atoms with van der Waals surface area (Å²) in [5, 5.41) is 0. The average molecular weight is 455 g/mol. The Labute approximate surface area is 114 Å². The van der Waals surface area contributed by atoms with Crippen LogP contribution in [0.3, 0.4) is 0 Å². The maximum absolute atomic E-state index is 11.8. The summed E-state index contributed by atoms with van der Waals surface area (Å²) in [6.07, 6.45) is 0. The van der Waals surface area contributed by atoms with Crippen LogP contribution in [0.15, 0.2) is 0 Å². The van der Waals surface area contributed by atoms with E-state index in [1.807, 2.05) is 37.5 Å². The maximum atomic E-state index is 11.8. The van der Waals surface area contributed by atoms with E-state index in [-0.39, 0.29) is 7.91 Å². The molecule has 0 saturated heterocycles. The van der Waals surface area contributed by atoms with Gasteiger partial charge in [-0.15, -0.1) is 0 Å². The second kappa shape index (κ2) is 9.54. The van der Waals surface area contributed by atoms with E-state index < -0.39 is 34.1 Å². The fraction of sp³-hybridized carbons (Fsp3) is 0.800. The molecule has 16 heavy (non-hydrogen) atoms. The number of hydrogen-bond acceptors (Lipinski definition) is 2. The Hall–Kier alpha value is 0.519. The molecule has 6 heteroatoms. The molecule has 0 atom stereocenters. The van der Waals surface area contributed by atoms with Crippen LogP contribution in [0.1, 0.15) is 27.7 Å². The van der Waals surface area contributed by atoms with Gasteiger partial charge in [0.05, 0.1) is 0 Å². The molecule has 0 aromatic heterocycles. The Kier molecular flexibility index (Phi) is 9.85. The van der Waals surface area contributed by atoms with Crippen molar-refractivity contribution in [1.29, 1.82) is 0 Å². The quantitative estimate of drug-likeness (QED) is 0.542. The monoisotopic (exact) mass is 460 g/mol. The Morgan fingerprint density at radius 2 is 1.00 bits per heavy atom. The Balaban J connectivity index is 4.04. The molecule has 0 aliphatic heterocycles. The van der Waals surface area contributed by atoms with Crippen LogP contribution in [0.4, 0.5) is 9.59 Å². The van der Waals surface area contributed by atoms with Gasteiger partial charge in [0, 0.05) is 0 Å². The summed E-state index contributed by atoms with van der Waals surface area (Å²) in [5.41, 5.74) is 0. The molecule has 0 saturated carbocycles. The van der Waals surface area contributed by atoms with Gasteiger partial charge in [-0.1, -0.05) is 0 Å². The van der Waals surface area contributed by atoms with Gasteiger partial charge in [0.15, 0.2) is 0 Å². The second-order valence-electron chi connectivity index (χ2n) is 3.04. The Bertz CT molecular complexity index is 205. The third-order valence-electron chi connectivity index (χ3n) is 2.23. The van der Waals surface area contributed by atoms with Gasteiger partial charge in [0.1, 0.15) is 0 Å². The van der Waals surface area contributed by atoms with Gasteiger partial charge in [-0.25, -0.2) is 0 Å². The van der Waals surface area contributed by atoms with Crippen molar-refractivity contribution in [2.75, 3.05) is 26.2 Å². The van der Waals surface area contributed by atoms with Crippen LogP contribution in [-0.2, 0) is 0 Å². The van der Waals surface area contributed by atoms with E-state index in [0.29, 0.717) is 0 Å². The molecule has 0 aromatic carbocycles. The van der Waals surface area contributed by atoms with Crippen LogP contribution in [0, 0.1) is 0 Å². The SMILES string of the molecule is CCN(CC)C(=O)[Te][Te]C(=O)N(CC)CC. The first-order chi connectivity index (χ1) is 7.60. The van der Waals surface area contributed by atoms with Crippen LogP contribution in [0.2, 0.25) is 0 Å². The standard InChI is InChI=1S/C10H20N2O2Te2/c1-5-11(6-2)9(13)15-16-10(14)12(7-3)8-4/h5-8H2,1-4H3. The van der Waals surface area contributed by atoms with Gasteiger partial charge in [0.25, 0.3) is 0 Å². The van der Waals surface area contributed by atoms with E-state index in [0.717, 1.165) is 26.2 Å². The molecule has 0 heterocycles. The van der Waals surface area contributed by atoms with E-state index in [4.69, 9.17) is 0 Å². The third-order valence-corrected chi connectivity index (χ3v) is 11.8. The zero-order valence-electron chi connectivity index (χ0n) is 10.4. The molecule has 0 aliphatic rings. The number of carbonyl (C=O) groups excluding carboxylic acids is 2. The molecule has 0 N–H and O–H groups in total. The fourth-order valence-corrected chi connectivity index (χ4v) is 10.4. The Morgan fingerprint density at radius 3 is 1.19 bits per heavy atom. The molecule has 0 rings (SSSR count). The number of nitrogens with zero attached hydrogens (tertiary/aromatic N) is 2. The molecular weight excluding hydrogens is 435 g/mol. The fourth-order valence-electron chi connectivity index (χ4n) is 1.14. The van der Waals surface area contributed by atoms with Crippen LogP contribution in [-0.4, -0.2) is 78.0 Å². The van der Waals surface area contributed by atoms with Gasteiger partial charge < -0.3 is 0 Å². The van der Waals surface area contributed by atoms with Crippen molar-refractivity contribution in [3.8, 4) is 0 Å². The second-order valence-corrected chi connectivity index (χ2v) is 12.4. The summed E-state index contributed by atoms with van der Waals surface area (Å²) in [4.78, 5) is 27.2. The molecular formula is C10H20N2O2Te2. The van der Waals surface area contributed by atoms with Gasteiger partial charge in [-0.05, 0) is 0 Å². The molecule has 0 aromatic rings. The molecule has 0 spiro atoms. The summed E-state index contributed by atoms with van der Waals surface area (Å²) in [6.45, 7) is 11.0. The number of hydrogen-bond donors (Lipinski definition) is 0. The molecule has 2 amide bonds. The van der Waals surface area contributed by atoms with E-state index in [2.05, 4.69) is 0 Å². The molecule has 0 fully saturated rings. The Morgan fingerprint density at radius 1 is 0.750 bits per heavy atom. The normalized spacial score (nSPS) is 10.0. The number of rotatable bonds is 7. The summed E-state index contributed by atoms with van der Waals surface area (Å²) in [7, 11) is 0. The van der Waals surface area contributed by atoms with Gasteiger partial charge in [0.2, 0.25) is 0 Å². The zero-order valence-corrected chi connectivity index (χ0v) is 15.0. The summed E-state index contributed by atoms with van der Waals surface area (Å²) in [5.74, 6) is 0. The van der Waals surface area contributed by atoms with Crippen LogP contribution >= 0.6 is 0 Å². The van der Waals surface area contributed by atoms with Crippen molar-refractivity contribution in [2.24, 2.45) is 0 Å². The molecule has 0 unspecified atom stereocenters. The van der Waals surface area contributed by atoms with E-state index in [1.54, 1.807) is 0 Å². The first kappa shape index (κ1) is 16.5. The molecule has 0 radical (unpaired) electrons. The predicted molar refractivity (Wildman–Crippen MR) is 68.1 cm³/mol. The predicted octanol–water partition coefficient (Wildman–Crippen LogP) is 1.23. The molecule has 94 valence electrons. The van der Waals surface area contributed by atoms with Crippen LogP contribution in [0.5, 0.6) is 0 Å². The van der Waals surface area contributed by atoms with Crippen molar-refractivity contribution in [1.82, 2.24) is 9.80 Å². The van der Waals surface area contributed by atoms with E-state index in [9.17, 15) is 9.59 Å². The number of amides is 2. The average Bonchev–Trinajstić information content (AvgIpc) is 2.29. The van der Waals surface area contributed by atoms with Crippen LogP contribution in [0.25, 0.3) is 0 Å². The van der Waals surface area contributed by atoms with E-state index in [1.165, 1.54) is 0 Å². The van der Waals surface area contributed by atoms with Crippen molar-refractivity contribution < 1.29 is 9.59 Å². The summed E-state index contributed by atoms with van der Waals surface area (Å²) < 4.78 is 0.525. The van der Waals surface area contributed by atoms with Crippen molar-refractivity contribution in [3.05, 3.63) is 0 Å². The first-order valence-electron chi connectivity index (χ1n) is 5.52. The third kappa shape index (κ3) is 5.73. The van der Waals surface area contributed by atoms with Crippen LogP contribution < -0.4 is 0 Å². The van der Waals surface area contributed by atoms with Gasteiger partial charge >= 0.3 is 115 Å². The minimum atomic E-state index is -0.735. The van der Waals surface area contributed by atoms with Crippen molar-refractivity contribution in [2.45, 2.75) is 27.7 Å². The summed E-state index contributed by atoms with van der Waals surface area (Å²) >= 11 is -1.47. The first-order valence-corrected chi connectivity index (χ1v) is 15.2. The van der Waals surface area contributed by atoms with Gasteiger partial charge in [-0.2, -0.15) is 0 Å². The van der Waals surface area contributed by atoms with Crippen molar-refractivity contribution >= 4 is 42.0 Å². The van der Waals surface area contributed by atoms with Crippen molar-refractivity contribution in [3.63, 3.8) is 0 Å². The minimum absolute atomic E-state index is 0.262. The topological polar surface area (TPSA) is 40.6 Å². The van der Waals surface area contributed by atoms with Gasteiger partial charge in [-0.3, -0.25) is 0 Å².